The van der Waals surface area contributed by atoms with Crippen molar-refractivity contribution < 1.29 is 14.3 Å². The van der Waals surface area contributed by atoms with Crippen molar-refractivity contribution >= 4 is 5.91 Å². The van der Waals surface area contributed by atoms with Crippen molar-refractivity contribution in [1.82, 2.24) is 4.90 Å². The van der Waals surface area contributed by atoms with Gasteiger partial charge in [-0.05, 0) is 37.3 Å². The van der Waals surface area contributed by atoms with Gasteiger partial charge < -0.3 is 14.4 Å². The summed E-state index contributed by atoms with van der Waals surface area (Å²) in [5.74, 6) is 0.694. The Labute approximate surface area is 101 Å². The van der Waals surface area contributed by atoms with E-state index in [0.29, 0.717) is 24.8 Å². The van der Waals surface area contributed by atoms with E-state index in [0.717, 1.165) is 19.3 Å². The summed E-state index contributed by atoms with van der Waals surface area (Å²) in [4.78, 5) is 13.8. The summed E-state index contributed by atoms with van der Waals surface area (Å²) in [6, 6.07) is 3.41. The lowest BCUT2D eigenvalue weighted by Crippen LogP contribution is -2.41. The molecule has 0 spiro atoms. The van der Waals surface area contributed by atoms with Gasteiger partial charge >= 0.3 is 0 Å². The summed E-state index contributed by atoms with van der Waals surface area (Å²) < 4.78 is 5.10. The zero-order valence-corrected chi connectivity index (χ0v) is 10.1. The third-order valence-electron chi connectivity index (χ3n) is 3.52. The van der Waals surface area contributed by atoms with Crippen LogP contribution >= 0.6 is 0 Å². The van der Waals surface area contributed by atoms with Crippen molar-refractivity contribution in [3.05, 3.63) is 24.2 Å². The van der Waals surface area contributed by atoms with Crippen LogP contribution in [0.15, 0.2) is 22.8 Å². The first kappa shape index (κ1) is 12.2. The van der Waals surface area contributed by atoms with E-state index in [9.17, 15) is 9.90 Å². The summed E-state index contributed by atoms with van der Waals surface area (Å²) in [5, 5.41) is 9.77. The third kappa shape index (κ3) is 2.69. The van der Waals surface area contributed by atoms with Gasteiger partial charge in [0.05, 0.1) is 12.4 Å². The lowest BCUT2D eigenvalue weighted by molar-refractivity contribution is 0.0435. The molecule has 1 amide bonds. The minimum atomic E-state index is -0.226. The average Bonchev–Trinajstić information content (AvgIpc) is 2.91. The Morgan fingerprint density at radius 2 is 2.29 bits per heavy atom. The summed E-state index contributed by atoms with van der Waals surface area (Å²) in [6.07, 6.45) is 3.83. The molecule has 1 aromatic heterocycles. The molecule has 17 heavy (non-hydrogen) atoms. The molecule has 0 radical (unpaired) electrons. The van der Waals surface area contributed by atoms with E-state index >= 15 is 0 Å². The number of carbonyl (C=O) groups is 1. The van der Waals surface area contributed by atoms with Crippen LogP contribution in [0.2, 0.25) is 0 Å². The zero-order valence-electron chi connectivity index (χ0n) is 10.1. The van der Waals surface area contributed by atoms with E-state index in [-0.39, 0.29) is 12.0 Å². The average molecular weight is 237 g/mol. The molecule has 4 heteroatoms. The fraction of sp³-hybridized carbons (Fsp3) is 0.615. The number of piperidine rings is 1. The van der Waals surface area contributed by atoms with Crippen LogP contribution in [-0.2, 0) is 0 Å². The van der Waals surface area contributed by atoms with Crippen LogP contribution in [0.1, 0.15) is 36.7 Å². The fourth-order valence-electron chi connectivity index (χ4n) is 2.38. The largest absolute Gasteiger partial charge is 0.459 e. The predicted molar refractivity (Wildman–Crippen MR) is 63.6 cm³/mol. The van der Waals surface area contributed by atoms with E-state index in [2.05, 4.69) is 0 Å². The monoisotopic (exact) mass is 237 g/mol. The van der Waals surface area contributed by atoms with Crippen molar-refractivity contribution in [2.24, 2.45) is 5.92 Å². The molecule has 0 aromatic carbocycles. The molecule has 2 rings (SSSR count). The molecule has 0 aliphatic carbocycles. The van der Waals surface area contributed by atoms with Crippen LogP contribution in [0.4, 0.5) is 0 Å². The van der Waals surface area contributed by atoms with Gasteiger partial charge in [-0.15, -0.1) is 0 Å². The maximum Gasteiger partial charge on any atom is 0.289 e. The van der Waals surface area contributed by atoms with Crippen molar-refractivity contribution in [2.75, 3.05) is 13.1 Å². The molecule has 2 heterocycles. The molecule has 1 aliphatic rings. The van der Waals surface area contributed by atoms with Gasteiger partial charge in [0.15, 0.2) is 5.76 Å². The minimum absolute atomic E-state index is 0.0422. The van der Waals surface area contributed by atoms with E-state index in [1.54, 1.807) is 17.0 Å². The van der Waals surface area contributed by atoms with E-state index in [4.69, 9.17) is 4.42 Å². The molecule has 94 valence electrons. The topological polar surface area (TPSA) is 53.7 Å². The van der Waals surface area contributed by atoms with Crippen LogP contribution in [0.5, 0.6) is 0 Å². The Bertz CT molecular complexity index is 353. The van der Waals surface area contributed by atoms with Crippen molar-refractivity contribution in [1.29, 1.82) is 0 Å². The van der Waals surface area contributed by atoms with E-state index in [1.807, 2.05) is 6.92 Å². The highest BCUT2D eigenvalue weighted by atomic mass is 16.3. The van der Waals surface area contributed by atoms with Crippen molar-refractivity contribution in [3.8, 4) is 0 Å². The third-order valence-corrected chi connectivity index (χ3v) is 3.52. The molecule has 1 fully saturated rings. The van der Waals surface area contributed by atoms with Crippen LogP contribution < -0.4 is 0 Å². The number of furan rings is 1. The summed E-state index contributed by atoms with van der Waals surface area (Å²) in [7, 11) is 0. The van der Waals surface area contributed by atoms with Gasteiger partial charge in [-0.25, -0.2) is 0 Å². The fourth-order valence-corrected chi connectivity index (χ4v) is 2.38. The molecule has 1 unspecified atom stereocenters. The number of hydrogen-bond donors (Lipinski definition) is 1. The normalized spacial score (nSPS) is 19.3. The Hall–Kier alpha value is -1.29. The maximum atomic E-state index is 12.0. The van der Waals surface area contributed by atoms with Crippen LogP contribution in [0, 0.1) is 5.92 Å². The van der Waals surface area contributed by atoms with Gasteiger partial charge in [-0.3, -0.25) is 4.79 Å². The molecule has 1 N–H and O–H groups in total. The van der Waals surface area contributed by atoms with E-state index < -0.39 is 0 Å². The number of aliphatic hydroxyl groups excluding tert-OH is 1. The number of hydrogen-bond acceptors (Lipinski definition) is 3. The Kier molecular flexibility index (Phi) is 3.84. The molecular formula is C13H19NO3. The van der Waals surface area contributed by atoms with Gasteiger partial charge in [-0.1, -0.05) is 6.92 Å². The number of likely N-dealkylation sites (tertiary alicyclic amines) is 1. The predicted octanol–water partition coefficient (Wildman–Crippen LogP) is 1.90. The summed E-state index contributed by atoms with van der Waals surface area (Å²) >= 11 is 0. The van der Waals surface area contributed by atoms with E-state index in [1.165, 1.54) is 6.26 Å². The quantitative estimate of drug-likeness (QED) is 0.873. The number of carbonyl (C=O) groups excluding carboxylic acids is 1. The lowest BCUT2D eigenvalue weighted by Gasteiger charge is -2.33. The minimum Gasteiger partial charge on any atom is -0.459 e. The van der Waals surface area contributed by atoms with Crippen molar-refractivity contribution in [2.45, 2.75) is 32.3 Å². The number of nitrogens with zero attached hydrogens (tertiary/aromatic N) is 1. The van der Waals surface area contributed by atoms with Gasteiger partial charge in [0.1, 0.15) is 0 Å². The summed E-state index contributed by atoms with van der Waals surface area (Å²) in [6.45, 7) is 3.41. The molecule has 0 bridgehead atoms. The smallest absolute Gasteiger partial charge is 0.289 e. The Morgan fingerprint density at radius 3 is 2.82 bits per heavy atom. The summed E-state index contributed by atoms with van der Waals surface area (Å²) in [5.41, 5.74) is 0. The maximum absolute atomic E-state index is 12.0. The first-order valence-electron chi connectivity index (χ1n) is 6.23. The highest BCUT2D eigenvalue weighted by Gasteiger charge is 2.27. The molecule has 1 atom stereocenters. The first-order chi connectivity index (χ1) is 8.22. The van der Waals surface area contributed by atoms with Gasteiger partial charge in [0.25, 0.3) is 5.91 Å². The number of rotatable bonds is 3. The zero-order chi connectivity index (χ0) is 12.3. The number of amides is 1. The Balaban J connectivity index is 1.89. The second-order valence-corrected chi connectivity index (χ2v) is 4.58. The standard InChI is InChI=1S/C13H19NO3/c1-2-11(15)10-5-7-14(8-6-10)13(16)12-4-3-9-17-12/h3-4,9-11,15H,2,5-8H2,1H3. The second kappa shape index (κ2) is 5.36. The second-order valence-electron chi connectivity index (χ2n) is 4.58. The molecular weight excluding hydrogens is 218 g/mol. The molecule has 4 nitrogen and oxygen atoms in total. The van der Waals surface area contributed by atoms with Gasteiger partial charge in [-0.2, -0.15) is 0 Å². The van der Waals surface area contributed by atoms with Gasteiger partial charge in [0.2, 0.25) is 0 Å². The molecule has 1 aliphatic heterocycles. The molecule has 1 aromatic rings. The Morgan fingerprint density at radius 1 is 1.59 bits per heavy atom. The first-order valence-corrected chi connectivity index (χ1v) is 6.23. The lowest BCUT2D eigenvalue weighted by atomic mass is 9.90. The van der Waals surface area contributed by atoms with Crippen LogP contribution in [-0.4, -0.2) is 35.1 Å². The number of aliphatic hydroxyl groups is 1. The molecule has 1 saturated heterocycles. The highest BCUT2D eigenvalue weighted by molar-refractivity contribution is 5.91. The van der Waals surface area contributed by atoms with Crippen molar-refractivity contribution in [3.63, 3.8) is 0 Å². The molecule has 0 saturated carbocycles. The van der Waals surface area contributed by atoms with Crippen LogP contribution in [0.25, 0.3) is 0 Å². The van der Waals surface area contributed by atoms with Gasteiger partial charge in [0, 0.05) is 13.1 Å². The van der Waals surface area contributed by atoms with Crippen LogP contribution in [0.3, 0.4) is 0 Å². The SMILES string of the molecule is CCC(O)C1CCN(C(=O)c2ccco2)CC1. The highest BCUT2D eigenvalue weighted by Crippen LogP contribution is 2.23.